The van der Waals surface area contributed by atoms with Crippen LogP contribution in [0.1, 0.15) is 155 Å². The average Bonchev–Trinajstić information content (AvgIpc) is 2.97. The van der Waals surface area contributed by atoms with Crippen molar-refractivity contribution in [2.24, 2.45) is 0 Å². The van der Waals surface area contributed by atoms with Crippen molar-refractivity contribution in [1.82, 2.24) is 0 Å². The summed E-state index contributed by atoms with van der Waals surface area (Å²) in [7, 11) is 0. The zero-order chi connectivity index (χ0) is 28.9. The van der Waals surface area contributed by atoms with Crippen LogP contribution in [-0.2, 0) is 0 Å². The van der Waals surface area contributed by atoms with Gasteiger partial charge in [0.2, 0.25) is 0 Å². The minimum absolute atomic E-state index is 1.06. The smallest absolute Gasteiger partial charge is 0.0169 e. The van der Waals surface area contributed by atoms with Gasteiger partial charge in [0, 0.05) is 0 Å². The van der Waals surface area contributed by atoms with Crippen LogP contribution in [0.25, 0.3) is 0 Å². The van der Waals surface area contributed by atoms with Crippen LogP contribution in [0.4, 0.5) is 0 Å². The standard InChI is InChI=1S/C40H66/c1-3-5-7-9-11-13-15-17-19-21-23-25-27-29-31-33-35-37-39-40-38-36-34-32-30-28-26-24-22-20-18-16-14-12-10-8-6-4-2/h11-14,17-20,23-26,29-32H,3-10,15-16,21-22,27-28,33-40H2,1-2H3/b13-11-,14-12?,19-17-,20-18?,25-23-,26-24?,31-29-,32-30?. The van der Waals surface area contributed by atoms with E-state index >= 15 is 0 Å². The quantitative estimate of drug-likeness (QED) is 0.0646. The van der Waals surface area contributed by atoms with Gasteiger partial charge in [-0.1, -0.05) is 162 Å². The summed E-state index contributed by atoms with van der Waals surface area (Å²) in [5.74, 6) is 0. The first-order valence-electron chi connectivity index (χ1n) is 17.1. The van der Waals surface area contributed by atoms with E-state index in [1.54, 1.807) is 0 Å². The van der Waals surface area contributed by atoms with E-state index in [-0.39, 0.29) is 0 Å². The Morgan fingerprint density at radius 1 is 0.225 bits per heavy atom. The molecular formula is C40H66. The SMILES string of the molecule is CCCCCC=CCC=CCC=CCC=CCCCCCCCC/C=C\C/C=C\C/C=C\C/C=C\CCCCC. The molecule has 0 nitrogen and oxygen atoms in total. The first kappa shape index (κ1) is 37.9. The highest BCUT2D eigenvalue weighted by Gasteiger charge is 1.90. The predicted octanol–water partition coefficient (Wildman–Crippen LogP) is 14.1. The molecule has 0 fully saturated rings. The van der Waals surface area contributed by atoms with Crippen molar-refractivity contribution in [3.63, 3.8) is 0 Å². The van der Waals surface area contributed by atoms with Gasteiger partial charge in [0.25, 0.3) is 0 Å². The number of allylic oxidation sites excluding steroid dienone is 16. The Hall–Kier alpha value is -2.08. The summed E-state index contributed by atoms with van der Waals surface area (Å²) in [5, 5.41) is 0. The van der Waals surface area contributed by atoms with Crippen LogP contribution in [-0.4, -0.2) is 0 Å². The number of rotatable bonds is 29. The van der Waals surface area contributed by atoms with Gasteiger partial charge < -0.3 is 0 Å². The third kappa shape index (κ3) is 35.9. The largest absolute Gasteiger partial charge is 0.0882 e. The monoisotopic (exact) mass is 547 g/mol. The molecule has 0 unspecified atom stereocenters. The van der Waals surface area contributed by atoms with Gasteiger partial charge in [-0.05, 0) is 89.9 Å². The first-order chi connectivity index (χ1) is 19.9. The van der Waals surface area contributed by atoms with E-state index in [1.165, 1.54) is 103 Å². The van der Waals surface area contributed by atoms with Gasteiger partial charge >= 0.3 is 0 Å². The summed E-state index contributed by atoms with van der Waals surface area (Å²) in [6.07, 6.45) is 64.5. The van der Waals surface area contributed by atoms with Crippen molar-refractivity contribution in [2.45, 2.75) is 155 Å². The molecule has 0 heterocycles. The number of hydrogen-bond acceptors (Lipinski definition) is 0. The van der Waals surface area contributed by atoms with Crippen molar-refractivity contribution < 1.29 is 0 Å². The number of unbranched alkanes of at least 4 members (excludes halogenated alkanes) is 13. The van der Waals surface area contributed by atoms with Gasteiger partial charge in [-0.15, -0.1) is 0 Å². The Morgan fingerprint density at radius 2 is 0.425 bits per heavy atom. The van der Waals surface area contributed by atoms with Crippen LogP contribution in [0.5, 0.6) is 0 Å². The lowest BCUT2D eigenvalue weighted by molar-refractivity contribution is 0.600. The summed E-state index contributed by atoms with van der Waals surface area (Å²) in [5.41, 5.74) is 0. The van der Waals surface area contributed by atoms with Crippen LogP contribution >= 0.6 is 0 Å². The van der Waals surface area contributed by atoms with Crippen LogP contribution in [0, 0.1) is 0 Å². The molecule has 0 radical (unpaired) electrons. The lowest BCUT2D eigenvalue weighted by Crippen LogP contribution is -1.79. The molecule has 0 aliphatic rings. The molecule has 226 valence electrons. The normalized spacial score (nSPS) is 13.2. The van der Waals surface area contributed by atoms with Gasteiger partial charge in [-0.2, -0.15) is 0 Å². The molecule has 0 atom stereocenters. The van der Waals surface area contributed by atoms with Crippen molar-refractivity contribution in [1.29, 1.82) is 0 Å². The molecule has 0 amide bonds. The molecule has 0 saturated carbocycles. The van der Waals surface area contributed by atoms with Crippen LogP contribution in [0.15, 0.2) is 97.2 Å². The van der Waals surface area contributed by atoms with Gasteiger partial charge in [0.15, 0.2) is 0 Å². The third-order valence-corrected chi connectivity index (χ3v) is 6.91. The summed E-state index contributed by atoms with van der Waals surface area (Å²) < 4.78 is 0. The fourth-order valence-corrected chi connectivity index (χ4v) is 4.35. The zero-order valence-corrected chi connectivity index (χ0v) is 26.8. The van der Waals surface area contributed by atoms with E-state index in [4.69, 9.17) is 0 Å². The second-order valence-corrected chi connectivity index (χ2v) is 10.9. The number of hydrogen-bond donors (Lipinski definition) is 0. The molecule has 0 aromatic rings. The van der Waals surface area contributed by atoms with Crippen molar-refractivity contribution in [2.75, 3.05) is 0 Å². The highest BCUT2D eigenvalue weighted by atomic mass is 14.0. The highest BCUT2D eigenvalue weighted by molar-refractivity contribution is 5.00. The van der Waals surface area contributed by atoms with E-state index < -0.39 is 0 Å². The Morgan fingerprint density at radius 3 is 0.675 bits per heavy atom. The predicted molar refractivity (Wildman–Crippen MR) is 186 cm³/mol. The summed E-state index contributed by atoms with van der Waals surface area (Å²) in [4.78, 5) is 0. The molecule has 0 bridgehead atoms. The Kier molecular flexibility index (Phi) is 35.0. The summed E-state index contributed by atoms with van der Waals surface area (Å²) in [6, 6.07) is 0. The fourth-order valence-electron chi connectivity index (χ4n) is 4.35. The van der Waals surface area contributed by atoms with E-state index in [0.29, 0.717) is 0 Å². The summed E-state index contributed by atoms with van der Waals surface area (Å²) in [6.45, 7) is 4.52. The highest BCUT2D eigenvalue weighted by Crippen LogP contribution is 2.10. The van der Waals surface area contributed by atoms with Crippen molar-refractivity contribution in [3.8, 4) is 0 Å². The maximum atomic E-state index is 2.37. The molecule has 0 rings (SSSR count). The topological polar surface area (TPSA) is 0 Å². The molecule has 0 spiro atoms. The molecule has 0 N–H and O–H groups in total. The Bertz CT molecular complexity index is 644. The van der Waals surface area contributed by atoms with Crippen molar-refractivity contribution >= 4 is 0 Å². The third-order valence-electron chi connectivity index (χ3n) is 6.91. The first-order valence-corrected chi connectivity index (χ1v) is 17.1. The lowest BCUT2D eigenvalue weighted by Gasteiger charge is -1.99. The fraction of sp³-hybridized carbons (Fsp3) is 0.600. The van der Waals surface area contributed by atoms with E-state index in [1.807, 2.05) is 0 Å². The molecule has 40 heavy (non-hydrogen) atoms. The minimum atomic E-state index is 1.06. The van der Waals surface area contributed by atoms with Crippen LogP contribution < -0.4 is 0 Å². The maximum absolute atomic E-state index is 2.37. The summed E-state index contributed by atoms with van der Waals surface area (Å²) >= 11 is 0. The second-order valence-electron chi connectivity index (χ2n) is 10.9. The molecule has 0 aromatic heterocycles. The lowest BCUT2D eigenvalue weighted by atomic mass is 10.1. The van der Waals surface area contributed by atoms with Gasteiger partial charge in [0.05, 0.1) is 0 Å². The molecule has 0 aliphatic carbocycles. The second kappa shape index (κ2) is 36.9. The molecule has 0 saturated heterocycles. The Labute approximate surface area is 251 Å². The average molecular weight is 547 g/mol. The van der Waals surface area contributed by atoms with E-state index in [2.05, 4.69) is 111 Å². The van der Waals surface area contributed by atoms with E-state index in [9.17, 15) is 0 Å². The Balaban J connectivity index is 3.39. The van der Waals surface area contributed by atoms with E-state index in [0.717, 1.165) is 38.5 Å². The van der Waals surface area contributed by atoms with Gasteiger partial charge in [0.1, 0.15) is 0 Å². The molecular weight excluding hydrogens is 480 g/mol. The minimum Gasteiger partial charge on any atom is -0.0882 e. The van der Waals surface area contributed by atoms with Crippen LogP contribution in [0.3, 0.4) is 0 Å². The zero-order valence-electron chi connectivity index (χ0n) is 26.8. The maximum Gasteiger partial charge on any atom is -0.0169 e. The van der Waals surface area contributed by atoms with Gasteiger partial charge in [-0.25, -0.2) is 0 Å². The van der Waals surface area contributed by atoms with Crippen LogP contribution in [0.2, 0.25) is 0 Å². The van der Waals surface area contributed by atoms with Gasteiger partial charge in [-0.3, -0.25) is 0 Å². The molecule has 0 aromatic carbocycles. The van der Waals surface area contributed by atoms with Crippen molar-refractivity contribution in [3.05, 3.63) is 97.2 Å². The molecule has 0 heteroatoms. The molecule has 0 aliphatic heterocycles.